The summed E-state index contributed by atoms with van der Waals surface area (Å²) in [7, 11) is 0. The summed E-state index contributed by atoms with van der Waals surface area (Å²) in [5.74, 6) is -0.869. The van der Waals surface area contributed by atoms with Crippen molar-refractivity contribution in [1.82, 2.24) is 0 Å². The third-order valence-corrected chi connectivity index (χ3v) is 14.7. The van der Waals surface area contributed by atoms with Gasteiger partial charge in [-0.1, -0.05) is 302 Å². The molecule has 0 heterocycles. The van der Waals surface area contributed by atoms with Crippen LogP contribution in [0.3, 0.4) is 0 Å². The van der Waals surface area contributed by atoms with Gasteiger partial charge in [-0.2, -0.15) is 0 Å². The number of esters is 3. The topological polar surface area (TPSA) is 78.9 Å². The molecule has 424 valence electrons. The number of allylic oxidation sites excluding steroid dienone is 4. The van der Waals surface area contributed by atoms with Crippen LogP contribution in [0.5, 0.6) is 0 Å². The molecule has 0 fully saturated rings. The van der Waals surface area contributed by atoms with E-state index in [9.17, 15) is 14.4 Å². The van der Waals surface area contributed by atoms with E-state index in [4.69, 9.17) is 14.2 Å². The molecule has 0 saturated heterocycles. The quantitative estimate of drug-likeness (QED) is 0.0261. The van der Waals surface area contributed by atoms with Gasteiger partial charge in [-0.15, -0.1) is 0 Å². The van der Waals surface area contributed by atoms with Gasteiger partial charge >= 0.3 is 17.9 Å². The van der Waals surface area contributed by atoms with Crippen LogP contribution >= 0.6 is 0 Å². The van der Waals surface area contributed by atoms with Gasteiger partial charge in [-0.25, -0.2) is 0 Å². The van der Waals surface area contributed by atoms with Gasteiger partial charge in [0.2, 0.25) is 0 Å². The minimum atomic E-state index is -0.775. The largest absolute Gasteiger partial charge is 0.462 e. The smallest absolute Gasteiger partial charge is 0.306 e. The Morgan fingerprint density at radius 1 is 0.264 bits per heavy atom. The molecule has 0 aliphatic carbocycles. The molecule has 0 saturated carbocycles. The van der Waals surface area contributed by atoms with Crippen LogP contribution in [0.2, 0.25) is 0 Å². The van der Waals surface area contributed by atoms with Crippen LogP contribution in [0.4, 0.5) is 0 Å². The van der Waals surface area contributed by atoms with Gasteiger partial charge in [0.25, 0.3) is 0 Å². The van der Waals surface area contributed by atoms with Crippen LogP contribution in [0.15, 0.2) is 24.3 Å². The summed E-state index contributed by atoms with van der Waals surface area (Å²) < 4.78 is 16.9. The minimum Gasteiger partial charge on any atom is -0.462 e. The maximum atomic E-state index is 12.9. The molecule has 0 N–H and O–H groups in total. The molecule has 0 spiro atoms. The summed E-state index contributed by atoms with van der Waals surface area (Å²) in [4.78, 5) is 38.2. The van der Waals surface area contributed by atoms with Crippen molar-refractivity contribution in [3.63, 3.8) is 0 Å². The van der Waals surface area contributed by atoms with Crippen LogP contribution < -0.4 is 0 Å². The lowest BCUT2D eigenvalue weighted by Crippen LogP contribution is -2.30. The second-order valence-electron chi connectivity index (χ2n) is 22.0. The van der Waals surface area contributed by atoms with Crippen LogP contribution in [0.25, 0.3) is 0 Å². The van der Waals surface area contributed by atoms with E-state index in [2.05, 4.69) is 45.1 Å². The number of unbranched alkanes of at least 4 members (excludes halogenated alkanes) is 45. The fraction of sp³-hybridized carbons (Fsp3) is 0.894. The van der Waals surface area contributed by atoms with Crippen LogP contribution in [-0.2, 0) is 28.6 Å². The Hall–Kier alpha value is -2.11. The first kappa shape index (κ1) is 69.9. The Balaban J connectivity index is 4.12. The van der Waals surface area contributed by atoms with Gasteiger partial charge in [0, 0.05) is 19.3 Å². The molecule has 0 amide bonds. The highest BCUT2D eigenvalue weighted by Crippen LogP contribution is 2.18. The normalized spacial score (nSPS) is 12.1. The van der Waals surface area contributed by atoms with E-state index < -0.39 is 6.10 Å². The molecule has 0 aromatic carbocycles. The standard InChI is InChI=1S/C66H124O6/c1-4-7-10-13-16-19-22-24-26-27-28-29-30-31-32-33-34-35-36-37-38-40-41-44-47-50-53-56-59-65(68)71-62-63(61-70-64(67)58-55-52-49-46-43-21-18-15-12-9-6-3)72-66(69)60-57-54-51-48-45-42-39-25-23-20-17-14-11-8-5-2/h15,18,25,39,63H,4-14,16-17,19-24,26-38,40-62H2,1-3H3/b18-15-,39-25-. The van der Waals surface area contributed by atoms with Crippen LogP contribution in [-0.4, -0.2) is 37.2 Å². The van der Waals surface area contributed by atoms with Crippen molar-refractivity contribution >= 4 is 17.9 Å². The number of ether oxygens (including phenoxy) is 3. The molecule has 0 aliphatic heterocycles. The summed E-state index contributed by atoms with van der Waals surface area (Å²) in [5, 5.41) is 0. The Bertz CT molecular complexity index is 1160. The van der Waals surface area contributed by atoms with Crippen molar-refractivity contribution < 1.29 is 28.6 Å². The Morgan fingerprint density at radius 2 is 0.472 bits per heavy atom. The average molecular weight is 1010 g/mol. The molecule has 6 heteroatoms. The van der Waals surface area contributed by atoms with Gasteiger partial charge in [0.05, 0.1) is 0 Å². The molecule has 0 bridgehead atoms. The lowest BCUT2D eigenvalue weighted by molar-refractivity contribution is -0.167. The van der Waals surface area contributed by atoms with Crippen molar-refractivity contribution in [1.29, 1.82) is 0 Å². The highest BCUT2D eigenvalue weighted by Gasteiger charge is 2.19. The first-order valence-corrected chi connectivity index (χ1v) is 32.3. The molecule has 0 radical (unpaired) electrons. The number of rotatable bonds is 60. The summed E-state index contributed by atoms with van der Waals surface area (Å²) in [5.41, 5.74) is 0. The molecular formula is C66H124O6. The van der Waals surface area contributed by atoms with Gasteiger partial charge in [0.1, 0.15) is 13.2 Å². The monoisotopic (exact) mass is 1010 g/mol. The van der Waals surface area contributed by atoms with Crippen molar-refractivity contribution in [2.45, 2.75) is 367 Å². The van der Waals surface area contributed by atoms with Crippen LogP contribution in [0.1, 0.15) is 361 Å². The maximum Gasteiger partial charge on any atom is 0.306 e. The van der Waals surface area contributed by atoms with Gasteiger partial charge in [0.15, 0.2) is 6.10 Å². The SMILES string of the molecule is CCCC/C=C\CCCCCCCC(=O)OCC(COC(=O)CCCCCCCCCCCCCCCCCCCCCCCCCCCCCC)OC(=O)CCCCCCC/C=C\CCCCCCCC. The van der Waals surface area contributed by atoms with E-state index in [0.717, 1.165) is 70.6 Å². The van der Waals surface area contributed by atoms with Gasteiger partial charge in [-0.3, -0.25) is 14.4 Å². The number of hydrogen-bond donors (Lipinski definition) is 0. The lowest BCUT2D eigenvalue weighted by Gasteiger charge is -2.18. The zero-order chi connectivity index (χ0) is 52.2. The zero-order valence-corrected chi connectivity index (χ0v) is 48.7. The Kier molecular flexibility index (Phi) is 59.6. The fourth-order valence-corrected chi connectivity index (χ4v) is 9.78. The van der Waals surface area contributed by atoms with Gasteiger partial charge in [-0.05, 0) is 64.2 Å². The molecule has 0 aromatic heterocycles. The van der Waals surface area contributed by atoms with E-state index >= 15 is 0 Å². The molecule has 1 atom stereocenters. The zero-order valence-electron chi connectivity index (χ0n) is 48.7. The van der Waals surface area contributed by atoms with Crippen molar-refractivity contribution in [2.75, 3.05) is 13.2 Å². The van der Waals surface area contributed by atoms with E-state index in [1.54, 1.807) is 0 Å². The molecule has 1 unspecified atom stereocenters. The first-order valence-electron chi connectivity index (χ1n) is 32.3. The third kappa shape index (κ3) is 58.8. The second-order valence-corrected chi connectivity index (χ2v) is 22.0. The Labute approximate surface area is 449 Å². The summed E-state index contributed by atoms with van der Waals surface area (Å²) in [6.45, 7) is 6.64. The van der Waals surface area contributed by atoms with E-state index in [-0.39, 0.29) is 31.1 Å². The average Bonchev–Trinajstić information content (AvgIpc) is 3.38. The third-order valence-electron chi connectivity index (χ3n) is 14.7. The fourth-order valence-electron chi connectivity index (χ4n) is 9.78. The number of carbonyl (C=O) groups is 3. The number of carbonyl (C=O) groups excluding carboxylic acids is 3. The second kappa shape index (κ2) is 61.4. The van der Waals surface area contributed by atoms with Crippen molar-refractivity contribution in [2.24, 2.45) is 0 Å². The summed E-state index contributed by atoms with van der Waals surface area (Å²) in [6.07, 6.45) is 73.5. The molecule has 72 heavy (non-hydrogen) atoms. The van der Waals surface area contributed by atoms with Crippen LogP contribution in [0, 0.1) is 0 Å². The van der Waals surface area contributed by atoms with Crippen molar-refractivity contribution in [3.8, 4) is 0 Å². The predicted octanol–water partition coefficient (Wildman–Crippen LogP) is 21.8. The highest BCUT2D eigenvalue weighted by atomic mass is 16.6. The first-order chi connectivity index (χ1) is 35.5. The molecule has 0 aromatic rings. The highest BCUT2D eigenvalue weighted by molar-refractivity contribution is 5.71. The minimum absolute atomic E-state index is 0.0728. The predicted molar refractivity (Wildman–Crippen MR) is 312 cm³/mol. The van der Waals surface area contributed by atoms with Gasteiger partial charge < -0.3 is 14.2 Å². The van der Waals surface area contributed by atoms with E-state index in [1.165, 1.54) is 250 Å². The maximum absolute atomic E-state index is 12.9. The summed E-state index contributed by atoms with van der Waals surface area (Å²) in [6, 6.07) is 0. The van der Waals surface area contributed by atoms with Crippen molar-refractivity contribution in [3.05, 3.63) is 24.3 Å². The molecule has 6 nitrogen and oxygen atoms in total. The molecule has 0 rings (SSSR count). The van der Waals surface area contributed by atoms with E-state index in [1.807, 2.05) is 0 Å². The lowest BCUT2D eigenvalue weighted by atomic mass is 10.0. The Morgan fingerprint density at radius 3 is 0.736 bits per heavy atom. The molecule has 0 aliphatic rings. The summed E-state index contributed by atoms with van der Waals surface area (Å²) >= 11 is 0. The molecular weight excluding hydrogens is 889 g/mol. The van der Waals surface area contributed by atoms with E-state index in [0.29, 0.717) is 19.3 Å². The number of hydrogen-bond acceptors (Lipinski definition) is 6.